The van der Waals surface area contributed by atoms with E-state index in [0.29, 0.717) is 0 Å². The number of imidazole rings is 1. The fourth-order valence-electron chi connectivity index (χ4n) is 3.50. The van der Waals surface area contributed by atoms with Gasteiger partial charge in [-0.05, 0) is 42.0 Å². The average Bonchev–Trinajstić information content (AvgIpc) is 3.52. The zero-order valence-corrected chi connectivity index (χ0v) is 17.9. The Balaban J connectivity index is 1.26. The number of likely N-dealkylation sites (N-methyl/N-ethyl adjacent to an activating group) is 1. The summed E-state index contributed by atoms with van der Waals surface area (Å²) in [7, 11) is 3.87. The number of aliphatic imine (C=N–C) groups is 1. The number of nitrogens with one attached hydrogen (secondary N) is 1. The van der Waals surface area contributed by atoms with Gasteiger partial charge in [-0.25, -0.2) is 4.98 Å². The Bertz CT molecular complexity index is 975. The number of hydrogen-bond donors (Lipinski definition) is 1. The number of para-hydroxylation sites is 2. The molecule has 158 valence electrons. The number of hydrogen-bond acceptors (Lipinski definition) is 3. The second-order valence-corrected chi connectivity index (χ2v) is 8.02. The van der Waals surface area contributed by atoms with Crippen molar-refractivity contribution in [1.29, 1.82) is 0 Å². The standard InChI is InChI=1S/C24H31N5O/c1-25-24(28(2)13-14-30-17-21-11-12-21)26-15-19-7-9-20(10-8-19)16-29-18-27-22-5-3-4-6-23(22)29/h3-10,18,21H,11-17H2,1-2H3,(H,25,26). The highest BCUT2D eigenvalue weighted by atomic mass is 16.5. The van der Waals surface area contributed by atoms with Crippen LogP contribution in [-0.4, -0.2) is 54.3 Å². The molecule has 3 aromatic rings. The molecule has 1 N–H and O–H groups in total. The lowest BCUT2D eigenvalue weighted by Gasteiger charge is -2.22. The van der Waals surface area contributed by atoms with Gasteiger partial charge in [0.25, 0.3) is 0 Å². The molecule has 0 spiro atoms. The van der Waals surface area contributed by atoms with E-state index in [-0.39, 0.29) is 0 Å². The molecule has 0 bridgehead atoms. The van der Waals surface area contributed by atoms with Crippen molar-refractivity contribution >= 4 is 17.0 Å². The minimum atomic E-state index is 0.741. The first kappa shape index (κ1) is 20.4. The van der Waals surface area contributed by atoms with E-state index in [0.717, 1.165) is 55.8 Å². The Labute approximate surface area is 178 Å². The minimum absolute atomic E-state index is 0.741. The van der Waals surface area contributed by atoms with Crippen LogP contribution in [0.1, 0.15) is 24.0 Å². The van der Waals surface area contributed by atoms with Gasteiger partial charge in [-0.1, -0.05) is 36.4 Å². The van der Waals surface area contributed by atoms with Gasteiger partial charge in [-0.3, -0.25) is 4.99 Å². The lowest BCUT2D eigenvalue weighted by Crippen LogP contribution is -2.40. The summed E-state index contributed by atoms with van der Waals surface area (Å²) >= 11 is 0. The Morgan fingerprint density at radius 1 is 1.17 bits per heavy atom. The van der Waals surface area contributed by atoms with Crippen molar-refractivity contribution < 1.29 is 4.74 Å². The molecule has 1 aromatic heterocycles. The van der Waals surface area contributed by atoms with Crippen molar-refractivity contribution in [1.82, 2.24) is 19.8 Å². The molecule has 0 atom stereocenters. The van der Waals surface area contributed by atoms with Crippen LogP contribution in [0.5, 0.6) is 0 Å². The molecule has 0 aliphatic heterocycles. The second kappa shape index (κ2) is 9.76. The van der Waals surface area contributed by atoms with Gasteiger partial charge in [0.05, 0.1) is 24.0 Å². The van der Waals surface area contributed by atoms with E-state index in [1.165, 1.54) is 24.0 Å². The van der Waals surface area contributed by atoms with E-state index in [4.69, 9.17) is 4.74 Å². The summed E-state index contributed by atoms with van der Waals surface area (Å²) in [6, 6.07) is 16.9. The Morgan fingerprint density at radius 2 is 1.93 bits per heavy atom. The van der Waals surface area contributed by atoms with Crippen LogP contribution in [0.25, 0.3) is 11.0 Å². The quantitative estimate of drug-likeness (QED) is 0.336. The second-order valence-electron chi connectivity index (χ2n) is 8.02. The van der Waals surface area contributed by atoms with Crippen LogP contribution in [0.2, 0.25) is 0 Å². The molecule has 1 heterocycles. The highest BCUT2D eigenvalue weighted by Crippen LogP contribution is 2.28. The highest BCUT2D eigenvalue weighted by molar-refractivity contribution is 5.79. The normalized spacial score (nSPS) is 14.3. The summed E-state index contributed by atoms with van der Waals surface area (Å²) in [5.41, 5.74) is 4.69. The van der Waals surface area contributed by atoms with Gasteiger partial charge in [-0.15, -0.1) is 0 Å². The first-order valence-corrected chi connectivity index (χ1v) is 10.7. The van der Waals surface area contributed by atoms with Gasteiger partial charge in [0.15, 0.2) is 5.96 Å². The number of aromatic nitrogens is 2. The first-order chi connectivity index (χ1) is 14.7. The first-order valence-electron chi connectivity index (χ1n) is 10.7. The lowest BCUT2D eigenvalue weighted by molar-refractivity contribution is 0.115. The molecule has 30 heavy (non-hydrogen) atoms. The topological polar surface area (TPSA) is 54.7 Å². The van der Waals surface area contributed by atoms with E-state index in [9.17, 15) is 0 Å². The Morgan fingerprint density at radius 3 is 2.70 bits per heavy atom. The van der Waals surface area contributed by atoms with Crippen molar-refractivity contribution in [2.24, 2.45) is 10.9 Å². The average molecular weight is 406 g/mol. The van der Waals surface area contributed by atoms with E-state index >= 15 is 0 Å². The summed E-state index contributed by atoms with van der Waals surface area (Å²) in [4.78, 5) is 11.0. The third kappa shape index (κ3) is 5.39. The summed E-state index contributed by atoms with van der Waals surface area (Å²) < 4.78 is 7.92. The van der Waals surface area contributed by atoms with Gasteiger partial charge in [0.2, 0.25) is 0 Å². The van der Waals surface area contributed by atoms with Gasteiger partial charge in [-0.2, -0.15) is 0 Å². The molecular formula is C24H31N5O. The molecule has 0 unspecified atom stereocenters. The molecular weight excluding hydrogens is 374 g/mol. The summed E-state index contributed by atoms with van der Waals surface area (Å²) in [5.74, 6) is 1.70. The molecule has 1 saturated carbocycles. The van der Waals surface area contributed by atoms with Crippen LogP contribution in [0.4, 0.5) is 0 Å². The van der Waals surface area contributed by atoms with Crippen LogP contribution in [-0.2, 0) is 17.8 Å². The fourth-order valence-corrected chi connectivity index (χ4v) is 3.50. The maximum atomic E-state index is 5.74. The van der Waals surface area contributed by atoms with Crippen molar-refractivity contribution in [3.05, 3.63) is 66.0 Å². The van der Waals surface area contributed by atoms with Gasteiger partial charge in [0.1, 0.15) is 0 Å². The molecule has 1 fully saturated rings. The van der Waals surface area contributed by atoms with Gasteiger partial charge >= 0.3 is 0 Å². The molecule has 6 nitrogen and oxygen atoms in total. The van der Waals surface area contributed by atoms with Crippen LogP contribution < -0.4 is 5.32 Å². The predicted octanol–water partition coefficient (Wildman–Crippen LogP) is 3.52. The molecule has 4 rings (SSSR count). The largest absolute Gasteiger partial charge is 0.379 e. The number of guanidine groups is 1. The summed E-state index contributed by atoms with van der Waals surface area (Å²) in [5, 5.41) is 3.44. The SMILES string of the molecule is CN=C(NCc1ccc(Cn2cnc3ccccc32)cc1)N(C)CCOCC1CC1. The highest BCUT2D eigenvalue weighted by Gasteiger charge is 2.21. The Kier molecular flexibility index (Phi) is 6.64. The molecule has 0 radical (unpaired) electrons. The third-order valence-corrected chi connectivity index (χ3v) is 5.55. The number of ether oxygens (including phenoxy) is 1. The number of fused-ring (bicyclic) bond motifs is 1. The van der Waals surface area contributed by atoms with Crippen LogP contribution in [0, 0.1) is 5.92 Å². The predicted molar refractivity (Wildman–Crippen MR) is 122 cm³/mol. The van der Waals surface area contributed by atoms with Crippen molar-refractivity contribution in [3.8, 4) is 0 Å². The molecule has 1 aliphatic rings. The minimum Gasteiger partial charge on any atom is -0.379 e. The Hall–Kier alpha value is -2.86. The molecule has 0 amide bonds. The van der Waals surface area contributed by atoms with E-state index in [2.05, 4.69) is 61.2 Å². The summed E-state index contributed by atoms with van der Waals surface area (Å²) in [6.45, 7) is 4.05. The van der Waals surface area contributed by atoms with Crippen LogP contribution in [0.15, 0.2) is 59.9 Å². The van der Waals surface area contributed by atoms with E-state index < -0.39 is 0 Å². The maximum Gasteiger partial charge on any atom is 0.193 e. The summed E-state index contributed by atoms with van der Waals surface area (Å²) in [6.07, 6.45) is 4.57. The molecule has 6 heteroatoms. The van der Waals surface area contributed by atoms with Crippen molar-refractivity contribution in [2.45, 2.75) is 25.9 Å². The monoisotopic (exact) mass is 405 g/mol. The number of nitrogens with zero attached hydrogens (tertiary/aromatic N) is 4. The van der Waals surface area contributed by atoms with E-state index in [1.807, 2.05) is 32.6 Å². The smallest absolute Gasteiger partial charge is 0.193 e. The number of benzene rings is 2. The van der Waals surface area contributed by atoms with Crippen molar-refractivity contribution in [2.75, 3.05) is 33.9 Å². The van der Waals surface area contributed by atoms with Gasteiger partial charge in [0, 0.05) is 40.3 Å². The zero-order valence-electron chi connectivity index (χ0n) is 17.9. The van der Waals surface area contributed by atoms with E-state index in [1.54, 1.807) is 0 Å². The van der Waals surface area contributed by atoms with Crippen LogP contribution >= 0.6 is 0 Å². The van der Waals surface area contributed by atoms with Crippen molar-refractivity contribution in [3.63, 3.8) is 0 Å². The maximum absolute atomic E-state index is 5.74. The molecule has 2 aromatic carbocycles. The molecule has 1 aliphatic carbocycles. The zero-order chi connectivity index (χ0) is 20.8. The van der Waals surface area contributed by atoms with Gasteiger partial charge < -0.3 is 19.5 Å². The third-order valence-electron chi connectivity index (χ3n) is 5.55. The number of rotatable bonds is 9. The molecule has 0 saturated heterocycles. The lowest BCUT2D eigenvalue weighted by atomic mass is 10.1. The fraction of sp³-hybridized carbons (Fsp3) is 0.417. The van der Waals surface area contributed by atoms with Crippen LogP contribution in [0.3, 0.4) is 0 Å².